The third-order valence-corrected chi connectivity index (χ3v) is 3.16. The molecular weight excluding hydrogens is 343 g/mol. The Morgan fingerprint density at radius 3 is 2.94 bits per heavy atom. The number of nitrogens with zero attached hydrogens (tertiary/aromatic N) is 2. The molecule has 0 atom stereocenters. The van der Waals surface area contributed by atoms with Gasteiger partial charge < -0.3 is 15.6 Å². The summed E-state index contributed by atoms with van der Waals surface area (Å²) in [5.41, 5.74) is 7.55. The molecule has 0 bridgehead atoms. The molecule has 0 saturated carbocycles. The van der Waals surface area contributed by atoms with Gasteiger partial charge in [0.05, 0.1) is 11.0 Å². The van der Waals surface area contributed by atoms with Crippen molar-refractivity contribution in [1.29, 1.82) is 0 Å². The molecule has 1 amide bonds. The third-order valence-electron chi connectivity index (χ3n) is 2.49. The Morgan fingerprint density at radius 2 is 2.28 bits per heavy atom. The molecule has 6 heteroatoms. The number of aromatic nitrogens is 2. The van der Waals surface area contributed by atoms with Gasteiger partial charge >= 0.3 is 0 Å². The summed E-state index contributed by atoms with van der Waals surface area (Å²) < 4.78 is 2.82. The van der Waals surface area contributed by atoms with Crippen LogP contribution in [0.15, 0.2) is 18.2 Å². The fourth-order valence-corrected chi connectivity index (χ4v) is 2.27. The number of nitrogens with two attached hydrogens (primary N) is 1. The standard InChI is InChI=1S/C12H15IN4O/c1-7(2)15-11(18)6-17-10-4-3-8(13)5-9(10)16-12(17)14/h3-5,7H,6H2,1-2H3,(H2,14,16)(H,15,18). The number of carbonyl (C=O) groups excluding carboxylic acids is 1. The van der Waals surface area contributed by atoms with Gasteiger partial charge in [0.15, 0.2) is 0 Å². The largest absolute Gasteiger partial charge is 0.369 e. The van der Waals surface area contributed by atoms with Gasteiger partial charge in [-0.2, -0.15) is 0 Å². The van der Waals surface area contributed by atoms with Crippen LogP contribution in [0.3, 0.4) is 0 Å². The quantitative estimate of drug-likeness (QED) is 0.822. The lowest BCUT2D eigenvalue weighted by molar-refractivity contribution is -0.122. The van der Waals surface area contributed by atoms with Crippen LogP contribution in [0.25, 0.3) is 11.0 Å². The van der Waals surface area contributed by atoms with Gasteiger partial charge in [0.1, 0.15) is 6.54 Å². The van der Waals surface area contributed by atoms with Gasteiger partial charge in [0, 0.05) is 9.61 Å². The zero-order chi connectivity index (χ0) is 13.3. The van der Waals surface area contributed by atoms with E-state index in [0.717, 1.165) is 14.6 Å². The molecule has 0 fully saturated rings. The van der Waals surface area contributed by atoms with E-state index in [1.807, 2.05) is 32.0 Å². The summed E-state index contributed by atoms with van der Waals surface area (Å²) >= 11 is 2.22. The number of rotatable bonds is 3. The monoisotopic (exact) mass is 358 g/mol. The topological polar surface area (TPSA) is 72.9 Å². The van der Waals surface area contributed by atoms with E-state index < -0.39 is 0 Å². The van der Waals surface area contributed by atoms with E-state index in [1.54, 1.807) is 4.57 Å². The van der Waals surface area contributed by atoms with Crippen molar-refractivity contribution < 1.29 is 4.79 Å². The maximum Gasteiger partial charge on any atom is 0.240 e. The molecule has 2 rings (SSSR count). The molecule has 1 heterocycles. The number of carbonyl (C=O) groups is 1. The molecule has 2 aromatic rings. The minimum Gasteiger partial charge on any atom is -0.369 e. The van der Waals surface area contributed by atoms with Gasteiger partial charge in [-0.25, -0.2) is 4.98 Å². The maximum atomic E-state index is 11.8. The maximum absolute atomic E-state index is 11.8. The number of imidazole rings is 1. The SMILES string of the molecule is CC(C)NC(=O)Cn1c(N)nc2cc(I)ccc21. The van der Waals surface area contributed by atoms with Crippen molar-refractivity contribution in [3.05, 3.63) is 21.8 Å². The van der Waals surface area contributed by atoms with Gasteiger partial charge in [-0.3, -0.25) is 4.79 Å². The summed E-state index contributed by atoms with van der Waals surface area (Å²) in [6, 6.07) is 5.97. The van der Waals surface area contributed by atoms with Crippen LogP contribution in [0.4, 0.5) is 5.95 Å². The van der Waals surface area contributed by atoms with Crippen LogP contribution in [0, 0.1) is 3.57 Å². The molecular formula is C12H15IN4O. The summed E-state index contributed by atoms with van der Waals surface area (Å²) in [5.74, 6) is 0.306. The Balaban J connectivity index is 2.33. The Labute approximate surface area is 119 Å². The van der Waals surface area contributed by atoms with Gasteiger partial charge in [-0.15, -0.1) is 0 Å². The second kappa shape index (κ2) is 5.13. The molecule has 0 aliphatic rings. The van der Waals surface area contributed by atoms with E-state index in [9.17, 15) is 4.79 Å². The number of amides is 1. The lowest BCUT2D eigenvalue weighted by atomic mass is 10.3. The Kier molecular flexibility index (Phi) is 3.74. The molecule has 3 N–H and O–H groups in total. The summed E-state index contributed by atoms with van der Waals surface area (Å²) in [5, 5.41) is 2.84. The van der Waals surface area contributed by atoms with Crippen molar-refractivity contribution in [2.45, 2.75) is 26.4 Å². The predicted octanol–water partition coefficient (Wildman–Crippen LogP) is 1.75. The Morgan fingerprint density at radius 1 is 1.56 bits per heavy atom. The summed E-state index contributed by atoms with van der Waals surface area (Å²) in [6.45, 7) is 4.05. The fourth-order valence-electron chi connectivity index (χ4n) is 1.80. The van der Waals surface area contributed by atoms with Crippen molar-refractivity contribution in [1.82, 2.24) is 14.9 Å². The average molecular weight is 358 g/mol. The first-order chi connectivity index (χ1) is 8.47. The average Bonchev–Trinajstić information content (AvgIpc) is 2.53. The molecule has 0 spiro atoms. The number of anilines is 1. The van der Waals surface area contributed by atoms with Crippen LogP contribution in [0.2, 0.25) is 0 Å². The molecule has 0 unspecified atom stereocenters. The van der Waals surface area contributed by atoms with Crippen molar-refractivity contribution in [2.75, 3.05) is 5.73 Å². The first-order valence-electron chi connectivity index (χ1n) is 5.68. The van der Waals surface area contributed by atoms with Crippen molar-refractivity contribution >= 4 is 45.5 Å². The third kappa shape index (κ3) is 2.74. The van der Waals surface area contributed by atoms with E-state index in [2.05, 4.69) is 32.9 Å². The Bertz CT molecular complexity index is 591. The van der Waals surface area contributed by atoms with Crippen molar-refractivity contribution in [3.63, 3.8) is 0 Å². The molecule has 96 valence electrons. The summed E-state index contributed by atoms with van der Waals surface area (Å²) in [6.07, 6.45) is 0. The van der Waals surface area contributed by atoms with E-state index in [0.29, 0.717) is 5.95 Å². The van der Waals surface area contributed by atoms with E-state index in [-0.39, 0.29) is 18.5 Å². The number of hydrogen-bond donors (Lipinski definition) is 2. The highest BCUT2D eigenvalue weighted by molar-refractivity contribution is 14.1. The van der Waals surface area contributed by atoms with Crippen LogP contribution in [0.1, 0.15) is 13.8 Å². The summed E-state index contributed by atoms with van der Waals surface area (Å²) in [4.78, 5) is 16.0. The summed E-state index contributed by atoms with van der Waals surface area (Å²) in [7, 11) is 0. The van der Waals surface area contributed by atoms with Crippen molar-refractivity contribution in [3.8, 4) is 0 Å². The number of benzene rings is 1. The second-order valence-corrected chi connectivity index (χ2v) is 5.66. The first kappa shape index (κ1) is 13.1. The molecule has 0 aliphatic carbocycles. The number of nitrogens with one attached hydrogen (secondary N) is 1. The highest BCUT2D eigenvalue weighted by atomic mass is 127. The molecule has 1 aromatic heterocycles. The van der Waals surface area contributed by atoms with E-state index in [1.165, 1.54) is 0 Å². The smallest absolute Gasteiger partial charge is 0.240 e. The minimum atomic E-state index is -0.0606. The lowest BCUT2D eigenvalue weighted by Gasteiger charge is -2.10. The Hall–Kier alpha value is -1.31. The van der Waals surface area contributed by atoms with E-state index in [4.69, 9.17) is 5.73 Å². The van der Waals surface area contributed by atoms with Crippen LogP contribution in [-0.4, -0.2) is 21.5 Å². The van der Waals surface area contributed by atoms with Gasteiger partial charge in [-0.05, 0) is 54.6 Å². The second-order valence-electron chi connectivity index (χ2n) is 4.41. The van der Waals surface area contributed by atoms with Crippen LogP contribution in [0.5, 0.6) is 0 Å². The number of halogens is 1. The van der Waals surface area contributed by atoms with Gasteiger partial charge in [0.25, 0.3) is 0 Å². The molecule has 0 saturated heterocycles. The normalized spacial score (nSPS) is 11.1. The van der Waals surface area contributed by atoms with Crippen LogP contribution < -0.4 is 11.1 Å². The highest BCUT2D eigenvalue weighted by Gasteiger charge is 2.12. The van der Waals surface area contributed by atoms with Gasteiger partial charge in [0.2, 0.25) is 11.9 Å². The molecule has 0 aliphatic heterocycles. The number of hydrogen-bond acceptors (Lipinski definition) is 3. The molecule has 5 nitrogen and oxygen atoms in total. The predicted molar refractivity (Wildman–Crippen MR) is 80.1 cm³/mol. The zero-order valence-corrected chi connectivity index (χ0v) is 12.4. The van der Waals surface area contributed by atoms with Crippen LogP contribution >= 0.6 is 22.6 Å². The molecule has 0 radical (unpaired) electrons. The first-order valence-corrected chi connectivity index (χ1v) is 6.76. The highest BCUT2D eigenvalue weighted by Crippen LogP contribution is 2.20. The fraction of sp³-hybridized carbons (Fsp3) is 0.333. The van der Waals surface area contributed by atoms with E-state index >= 15 is 0 Å². The van der Waals surface area contributed by atoms with Gasteiger partial charge in [-0.1, -0.05) is 0 Å². The zero-order valence-electron chi connectivity index (χ0n) is 10.3. The molecule has 18 heavy (non-hydrogen) atoms. The minimum absolute atomic E-state index is 0.0606. The van der Waals surface area contributed by atoms with Crippen molar-refractivity contribution in [2.24, 2.45) is 0 Å². The number of fused-ring (bicyclic) bond motifs is 1. The number of nitrogen functional groups attached to an aromatic ring is 1. The lowest BCUT2D eigenvalue weighted by Crippen LogP contribution is -2.33. The molecule has 1 aromatic carbocycles. The van der Waals surface area contributed by atoms with Crippen LogP contribution in [-0.2, 0) is 11.3 Å².